The van der Waals surface area contributed by atoms with Gasteiger partial charge in [-0.1, -0.05) is 25.0 Å². The van der Waals surface area contributed by atoms with Crippen LogP contribution in [-0.2, 0) is 17.9 Å². The van der Waals surface area contributed by atoms with E-state index in [1.165, 1.54) is 32.1 Å². The minimum atomic E-state index is -0.110. The Kier molecular flexibility index (Phi) is 4.75. The van der Waals surface area contributed by atoms with Gasteiger partial charge in [0.1, 0.15) is 12.4 Å². The SMILES string of the molecule is O=C(CCn1c(CO)nc2ccccc21)NC[C@H]1CC[C@@H]2CCC[C@@H]21. The summed E-state index contributed by atoms with van der Waals surface area (Å²) in [6.07, 6.45) is 7.17. The molecule has 2 saturated carbocycles. The highest BCUT2D eigenvalue weighted by Crippen LogP contribution is 2.47. The van der Waals surface area contributed by atoms with Gasteiger partial charge in [0.15, 0.2) is 0 Å². The van der Waals surface area contributed by atoms with Crippen molar-refractivity contribution >= 4 is 16.9 Å². The summed E-state index contributed by atoms with van der Waals surface area (Å²) in [6, 6.07) is 7.81. The number of nitrogens with zero attached hydrogens (tertiary/aromatic N) is 2. The van der Waals surface area contributed by atoms with Gasteiger partial charge in [0.2, 0.25) is 5.91 Å². The summed E-state index contributed by atoms with van der Waals surface area (Å²) in [5.74, 6) is 3.17. The summed E-state index contributed by atoms with van der Waals surface area (Å²) in [7, 11) is 0. The lowest BCUT2D eigenvalue weighted by atomic mass is 9.92. The second kappa shape index (κ2) is 7.16. The van der Waals surface area contributed by atoms with Gasteiger partial charge < -0.3 is 15.0 Å². The Balaban J connectivity index is 1.33. The highest BCUT2D eigenvalue weighted by Gasteiger charge is 2.38. The molecule has 0 aliphatic heterocycles. The molecule has 25 heavy (non-hydrogen) atoms. The molecule has 0 unspecified atom stereocenters. The number of nitrogens with one attached hydrogen (secondary N) is 1. The van der Waals surface area contributed by atoms with E-state index in [2.05, 4.69) is 10.3 Å². The third-order valence-electron chi connectivity index (χ3n) is 6.23. The number of rotatable bonds is 6. The van der Waals surface area contributed by atoms with Crippen molar-refractivity contribution in [2.45, 2.75) is 51.7 Å². The third-order valence-corrected chi connectivity index (χ3v) is 6.23. The van der Waals surface area contributed by atoms with Crippen molar-refractivity contribution in [3.63, 3.8) is 0 Å². The molecular formula is C20H27N3O2. The van der Waals surface area contributed by atoms with Crippen molar-refractivity contribution in [2.75, 3.05) is 6.54 Å². The fourth-order valence-electron chi connectivity index (χ4n) is 4.98. The monoisotopic (exact) mass is 341 g/mol. The average Bonchev–Trinajstić information content (AvgIpc) is 3.32. The van der Waals surface area contributed by atoms with Gasteiger partial charge in [-0.15, -0.1) is 0 Å². The first kappa shape index (κ1) is 16.6. The van der Waals surface area contributed by atoms with Crippen LogP contribution in [0.3, 0.4) is 0 Å². The molecule has 1 aromatic heterocycles. The number of para-hydroxylation sites is 2. The summed E-state index contributed by atoms with van der Waals surface area (Å²) in [4.78, 5) is 16.8. The zero-order valence-electron chi connectivity index (χ0n) is 14.7. The maximum absolute atomic E-state index is 12.3. The molecule has 0 radical (unpaired) electrons. The van der Waals surface area contributed by atoms with E-state index < -0.39 is 0 Å². The molecule has 0 saturated heterocycles. The van der Waals surface area contributed by atoms with E-state index in [4.69, 9.17) is 0 Å². The molecule has 4 rings (SSSR count). The molecule has 1 aromatic carbocycles. The summed E-state index contributed by atoms with van der Waals surface area (Å²) >= 11 is 0. The topological polar surface area (TPSA) is 67.2 Å². The van der Waals surface area contributed by atoms with Crippen LogP contribution < -0.4 is 5.32 Å². The number of aryl methyl sites for hydroxylation is 1. The maximum atomic E-state index is 12.3. The number of carbonyl (C=O) groups is 1. The number of aliphatic hydroxyl groups is 1. The molecule has 2 N–H and O–H groups in total. The molecular weight excluding hydrogens is 314 g/mol. The number of imidazole rings is 1. The number of aromatic nitrogens is 2. The number of hydrogen-bond acceptors (Lipinski definition) is 3. The summed E-state index contributed by atoms with van der Waals surface area (Å²) in [5, 5.41) is 12.7. The number of carbonyl (C=O) groups excluding carboxylic acids is 1. The van der Waals surface area contributed by atoms with E-state index in [-0.39, 0.29) is 12.5 Å². The Morgan fingerprint density at radius 1 is 1.24 bits per heavy atom. The lowest BCUT2D eigenvalue weighted by Crippen LogP contribution is -2.31. The second-order valence-electron chi connectivity index (χ2n) is 7.57. The molecule has 0 bridgehead atoms. The fraction of sp³-hybridized carbons (Fsp3) is 0.600. The fourth-order valence-corrected chi connectivity index (χ4v) is 4.98. The van der Waals surface area contributed by atoms with Gasteiger partial charge in [0.25, 0.3) is 0 Å². The quantitative estimate of drug-likeness (QED) is 0.849. The first-order valence-corrected chi connectivity index (χ1v) is 9.58. The van der Waals surface area contributed by atoms with Crippen molar-refractivity contribution in [1.82, 2.24) is 14.9 Å². The molecule has 134 valence electrons. The molecule has 1 heterocycles. The molecule has 5 nitrogen and oxygen atoms in total. The van der Waals surface area contributed by atoms with Crippen LogP contribution in [0.5, 0.6) is 0 Å². The molecule has 2 aromatic rings. The van der Waals surface area contributed by atoms with Crippen molar-refractivity contribution in [2.24, 2.45) is 17.8 Å². The Bertz CT molecular complexity index is 754. The number of aliphatic hydroxyl groups excluding tert-OH is 1. The Labute approximate surface area is 148 Å². The predicted molar refractivity (Wildman–Crippen MR) is 96.8 cm³/mol. The molecule has 2 fully saturated rings. The first-order chi connectivity index (χ1) is 12.3. The molecule has 2 aliphatic carbocycles. The van der Waals surface area contributed by atoms with Gasteiger partial charge in [0, 0.05) is 19.5 Å². The summed E-state index contributed by atoms with van der Waals surface area (Å²) in [6.45, 7) is 1.28. The molecule has 2 aliphatic rings. The van der Waals surface area contributed by atoms with Crippen molar-refractivity contribution < 1.29 is 9.90 Å². The highest BCUT2D eigenvalue weighted by molar-refractivity contribution is 5.78. The standard InChI is InChI=1S/C20H27N3O2/c24-13-19-22-17-6-1-2-7-18(17)23(19)11-10-20(25)21-12-15-9-8-14-4-3-5-16(14)15/h1-2,6-7,14-16,24H,3-5,8-13H2,(H,21,25)/t14-,15+,16-/m0/s1. The van der Waals surface area contributed by atoms with Gasteiger partial charge in [0.05, 0.1) is 11.0 Å². The Morgan fingerprint density at radius 2 is 2.12 bits per heavy atom. The van der Waals surface area contributed by atoms with Crippen LogP contribution in [0.2, 0.25) is 0 Å². The van der Waals surface area contributed by atoms with E-state index >= 15 is 0 Å². The van der Waals surface area contributed by atoms with E-state index in [0.29, 0.717) is 24.7 Å². The third kappa shape index (κ3) is 3.30. The van der Waals surface area contributed by atoms with Crippen molar-refractivity contribution in [3.05, 3.63) is 30.1 Å². The van der Waals surface area contributed by atoms with E-state index in [9.17, 15) is 9.90 Å². The minimum Gasteiger partial charge on any atom is -0.388 e. The zero-order chi connectivity index (χ0) is 17.2. The van der Waals surface area contributed by atoms with Crippen LogP contribution in [0.25, 0.3) is 11.0 Å². The van der Waals surface area contributed by atoms with Crippen LogP contribution in [-0.4, -0.2) is 27.1 Å². The largest absolute Gasteiger partial charge is 0.388 e. The van der Waals surface area contributed by atoms with Gasteiger partial charge >= 0.3 is 0 Å². The second-order valence-corrected chi connectivity index (χ2v) is 7.57. The van der Waals surface area contributed by atoms with Crippen molar-refractivity contribution in [3.8, 4) is 0 Å². The maximum Gasteiger partial charge on any atom is 0.221 e. The van der Waals surface area contributed by atoms with E-state index in [1.807, 2.05) is 28.8 Å². The van der Waals surface area contributed by atoms with Gasteiger partial charge in [-0.2, -0.15) is 0 Å². The van der Waals surface area contributed by atoms with Gasteiger partial charge in [-0.05, 0) is 49.1 Å². The summed E-state index contributed by atoms with van der Waals surface area (Å²) in [5.41, 5.74) is 1.84. The predicted octanol–water partition coefficient (Wildman–Crippen LogP) is 2.86. The minimum absolute atomic E-state index is 0.100. The first-order valence-electron chi connectivity index (χ1n) is 9.58. The number of hydrogen-bond donors (Lipinski definition) is 2. The highest BCUT2D eigenvalue weighted by atomic mass is 16.3. The smallest absolute Gasteiger partial charge is 0.221 e. The number of fused-ring (bicyclic) bond motifs is 2. The Hall–Kier alpha value is -1.88. The number of benzene rings is 1. The van der Waals surface area contributed by atoms with Gasteiger partial charge in [-0.25, -0.2) is 4.98 Å². The van der Waals surface area contributed by atoms with Crippen LogP contribution in [0.1, 0.15) is 44.3 Å². The van der Waals surface area contributed by atoms with Crippen molar-refractivity contribution in [1.29, 1.82) is 0 Å². The van der Waals surface area contributed by atoms with E-state index in [1.54, 1.807) is 0 Å². The molecule has 1 amide bonds. The zero-order valence-corrected chi connectivity index (χ0v) is 14.7. The molecule has 0 spiro atoms. The lowest BCUT2D eigenvalue weighted by Gasteiger charge is -2.19. The normalized spacial score (nSPS) is 25.4. The van der Waals surface area contributed by atoms with Crippen LogP contribution >= 0.6 is 0 Å². The average molecular weight is 341 g/mol. The van der Waals surface area contributed by atoms with E-state index in [0.717, 1.165) is 29.4 Å². The summed E-state index contributed by atoms with van der Waals surface area (Å²) < 4.78 is 1.96. The van der Waals surface area contributed by atoms with Crippen LogP contribution in [0.15, 0.2) is 24.3 Å². The lowest BCUT2D eigenvalue weighted by molar-refractivity contribution is -0.121. The van der Waals surface area contributed by atoms with Crippen LogP contribution in [0.4, 0.5) is 0 Å². The molecule has 3 atom stereocenters. The van der Waals surface area contributed by atoms with Gasteiger partial charge in [-0.3, -0.25) is 4.79 Å². The Morgan fingerprint density at radius 3 is 3.00 bits per heavy atom. The van der Waals surface area contributed by atoms with Crippen LogP contribution in [0, 0.1) is 17.8 Å². The molecule has 5 heteroatoms. The number of amides is 1.